The molecular formula is C13H19FN2. The predicted molar refractivity (Wildman–Crippen MR) is 63.6 cm³/mol. The van der Waals surface area contributed by atoms with Crippen LogP contribution in [0.1, 0.15) is 31.2 Å². The van der Waals surface area contributed by atoms with E-state index in [0.717, 1.165) is 19.4 Å². The van der Waals surface area contributed by atoms with E-state index in [4.69, 9.17) is 5.73 Å². The van der Waals surface area contributed by atoms with Crippen molar-refractivity contribution >= 4 is 0 Å². The molecule has 0 saturated carbocycles. The number of nitrogens with two attached hydrogens (primary N) is 1. The highest BCUT2D eigenvalue weighted by Crippen LogP contribution is 2.33. The molecule has 1 aliphatic heterocycles. The van der Waals surface area contributed by atoms with Crippen LogP contribution >= 0.6 is 0 Å². The van der Waals surface area contributed by atoms with Gasteiger partial charge in [-0.25, -0.2) is 4.39 Å². The molecule has 16 heavy (non-hydrogen) atoms. The summed E-state index contributed by atoms with van der Waals surface area (Å²) in [4.78, 5) is 0. The summed E-state index contributed by atoms with van der Waals surface area (Å²) in [6.45, 7) is 1.68. The molecule has 3 N–H and O–H groups in total. The van der Waals surface area contributed by atoms with E-state index in [2.05, 4.69) is 5.32 Å². The third-order valence-electron chi connectivity index (χ3n) is 3.46. The highest BCUT2D eigenvalue weighted by Gasteiger charge is 2.32. The Morgan fingerprint density at radius 3 is 2.56 bits per heavy atom. The molecule has 0 aliphatic carbocycles. The lowest BCUT2D eigenvalue weighted by molar-refractivity contribution is 0.243. The maximum atomic E-state index is 12.9. The van der Waals surface area contributed by atoms with Crippen molar-refractivity contribution in [2.24, 2.45) is 5.73 Å². The average Bonchev–Trinajstić information content (AvgIpc) is 2.31. The Bertz CT molecular complexity index is 323. The van der Waals surface area contributed by atoms with Crippen molar-refractivity contribution < 1.29 is 4.39 Å². The molecule has 0 bridgehead atoms. The minimum Gasteiger partial charge on any atom is -0.330 e. The van der Waals surface area contributed by atoms with Gasteiger partial charge in [0.05, 0.1) is 0 Å². The first kappa shape index (κ1) is 11.6. The Morgan fingerprint density at radius 1 is 1.25 bits per heavy atom. The average molecular weight is 222 g/mol. The summed E-state index contributed by atoms with van der Waals surface area (Å²) in [6.07, 6.45) is 4.44. The van der Waals surface area contributed by atoms with Gasteiger partial charge in [-0.2, -0.15) is 0 Å². The van der Waals surface area contributed by atoms with Gasteiger partial charge in [0.25, 0.3) is 0 Å². The van der Waals surface area contributed by atoms with Gasteiger partial charge in [-0.1, -0.05) is 18.6 Å². The van der Waals surface area contributed by atoms with Crippen LogP contribution in [0.3, 0.4) is 0 Å². The quantitative estimate of drug-likeness (QED) is 0.822. The molecule has 1 aromatic carbocycles. The third kappa shape index (κ3) is 2.25. The summed E-state index contributed by atoms with van der Waals surface area (Å²) in [6, 6.07) is 6.82. The number of hydrogen-bond acceptors (Lipinski definition) is 2. The van der Waals surface area contributed by atoms with Crippen LogP contribution in [0.5, 0.6) is 0 Å². The van der Waals surface area contributed by atoms with Crippen LogP contribution in [-0.4, -0.2) is 13.1 Å². The topological polar surface area (TPSA) is 38.0 Å². The Kier molecular flexibility index (Phi) is 3.56. The second-order valence-corrected chi connectivity index (χ2v) is 4.51. The lowest BCUT2D eigenvalue weighted by Gasteiger charge is -2.39. The summed E-state index contributed by atoms with van der Waals surface area (Å²) in [5, 5.41) is 3.57. The number of piperidine rings is 1. The zero-order chi connectivity index (χ0) is 11.4. The van der Waals surface area contributed by atoms with Crippen LogP contribution in [0, 0.1) is 5.82 Å². The van der Waals surface area contributed by atoms with Crippen LogP contribution in [-0.2, 0) is 5.54 Å². The van der Waals surface area contributed by atoms with Crippen LogP contribution in [0.2, 0.25) is 0 Å². The fourth-order valence-corrected chi connectivity index (χ4v) is 2.59. The molecule has 0 spiro atoms. The molecule has 1 atom stereocenters. The number of nitrogens with one attached hydrogen (secondary N) is 1. The molecule has 0 amide bonds. The van der Waals surface area contributed by atoms with Crippen LogP contribution in [0.25, 0.3) is 0 Å². The largest absolute Gasteiger partial charge is 0.330 e. The zero-order valence-electron chi connectivity index (χ0n) is 9.51. The van der Waals surface area contributed by atoms with Crippen molar-refractivity contribution in [3.63, 3.8) is 0 Å². The van der Waals surface area contributed by atoms with Gasteiger partial charge in [-0.3, -0.25) is 0 Å². The highest BCUT2D eigenvalue weighted by atomic mass is 19.1. The first-order chi connectivity index (χ1) is 7.77. The van der Waals surface area contributed by atoms with Gasteiger partial charge in [-0.15, -0.1) is 0 Å². The molecule has 0 radical (unpaired) electrons. The van der Waals surface area contributed by atoms with Crippen molar-refractivity contribution in [1.82, 2.24) is 5.32 Å². The predicted octanol–water partition coefficient (Wildman–Crippen LogP) is 2.14. The van der Waals surface area contributed by atoms with Gasteiger partial charge < -0.3 is 11.1 Å². The van der Waals surface area contributed by atoms with Crippen LogP contribution < -0.4 is 11.1 Å². The normalized spacial score (nSPS) is 25.6. The highest BCUT2D eigenvalue weighted by molar-refractivity contribution is 5.25. The molecule has 3 heteroatoms. The van der Waals surface area contributed by atoms with Gasteiger partial charge >= 0.3 is 0 Å². The van der Waals surface area contributed by atoms with E-state index in [9.17, 15) is 4.39 Å². The molecule has 1 heterocycles. The minimum absolute atomic E-state index is 0.0271. The molecule has 1 fully saturated rings. The lowest BCUT2D eigenvalue weighted by Crippen LogP contribution is -2.47. The zero-order valence-corrected chi connectivity index (χ0v) is 9.51. The first-order valence-corrected chi connectivity index (χ1v) is 5.98. The first-order valence-electron chi connectivity index (χ1n) is 5.98. The molecule has 0 aromatic heterocycles. The second-order valence-electron chi connectivity index (χ2n) is 4.51. The molecule has 2 rings (SSSR count). The van der Waals surface area contributed by atoms with Gasteiger partial charge in [0.2, 0.25) is 0 Å². The van der Waals surface area contributed by atoms with E-state index in [1.54, 1.807) is 0 Å². The number of rotatable bonds is 3. The molecule has 1 saturated heterocycles. The van der Waals surface area contributed by atoms with Crippen molar-refractivity contribution in [2.45, 2.75) is 31.2 Å². The van der Waals surface area contributed by atoms with E-state index in [-0.39, 0.29) is 11.4 Å². The SMILES string of the molecule is NCCC1(c2ccc(F)cc2)CCCCN1. The van der Waals surface area contributed by atoms with Crippen molar-refractivity contribution in [1.29, 1.82) is 0 Å². The maximum Gasteiger partial charge on any atom is 0.123 e. The fourth-order valence-electron chi connectivity index (χ4n) is 2.59. The summed E-state index contributed by atoms with van der Waals surface area (Å²) in [5.74, 6) is -0.178. The minimum atomic E-state index is -0.178. The number of halogens is 1. The smallest absolute Gasteiger partial charge is 0.123 e. The third-order valence-corrected chi connectivity index (χ3v) is 3.46. The monoisotopic (exact) mass is 222 g/mol. The molecule has 1 unspecified atom stereocenters. The van der Waals surface area contributed by atoms with Gasteiger partial charge in [-0.05, 0) is 50.0 Å². The Balaban J connectivity index is 2.26. The van der Waals surface area contributed by atoms with Gasteiger partial charge in [0, 0.05) is 5.54 Å². The van der Waals surface area contributed by atoms with Gasteiger partial charge in [0.15, 0.2) is 0 Å². The number of hydrogen-bond donors (Lipinski definition) is 2. The van der Waals surface area contributed by atoms with E-state index in [0.29, 0.717) is 6.54 Å². The maximum absolute atomic E-state index is 12.9. The van der Waals surface area contributed by atoms with E-state index in [1.807, 2.05) is 12.1 Å². The Hall–Kier alpha value is -0.930. The fraction of sp³-hybridized carbons (Fsp3) is 0.538. The standard InChI is InChI=1S/C13H19FN2/c14-12-5-3-11(4-6-12)13(8-9-15)7-1-2-10-16-13/h3-6,16H,1-2,7-10,15H2. The van der Waals surface area contributed by atoms with E-state index in [1.165, 1.54) is 30.5 Å². The summed E-state index contributed by atoms with van der Waals surface area (Å²) < 4.78 is 12.9. The Labute approximate surface area is 96.0 Å². The van der Waals surface area contributed by atoms with E-state index < -0.39 is 0 Å². The Morgan fingerprint density at radius 2 is 2.00 bits per heavy atom. The second kappa shape index (κ2) is 4.93. The van der Waals surface area contributed by atoms with Crippen molar-refractivity contribution in [3.05, 3.63) is 35.6 Å². The molecular weight excluding hydrogens is 203 g/mol. The van der Waals surface area contributed by atoms with E-state index >= 15 is 0 Å². The number of benzene rings is 1. The summed E-state index contributed by atoms with van der Waals surface area (Å²) in [7, 11) is 0. The van der Waals surface area contributed by atoms with Crippen molar-refractivity contribution in [2.75, 3.05) is 13.1 Å². The van der Waals surface area contributed by atoms with Crippen LogP contribution in [0.4, 0.5) is 4.39 Å². The van der Waals surface area contributed by atoms with Gasteiger partial charge in [0.1, 0.15) is 5.82 Å². The lowest BCUT2D eigenvalue weighted by atomic mass is 9.80. The summed E-state index contributed by atoms with van der Waals surface area (Å²) in [5.41, 5.74) is 6.84. The molecule has 1 aromatic rings. The molecule has 88 valence electrons. The summed E-state index contributed by atoms with van der Waals surface area (Å²) >= 11 is 0. The molecule has 1 aliphatic rings. The molecule has 2 nitrogen and oxygen atoms in total. The van der Waals surface area contributed by atoms with Crippen LogP contribution in [0.15, 0.2) is 24.3 Å². The van der Waals surface area contributed by atoms with Crippen molar-refractivity contribution in [3.8, 4) is 0 Å².